The van der Waals surface area contributed by atoms with E-state index in [4.69, 9.17) is 46.4 Å². The van der Waals surface area contributed by atoms with E-state index in [2.05, 4.69) is 9.78 Å². The maximum atomic E-state index is 9.21. The highest BCUT2D eigenvalue weighted by Crippen LogP contribution is 2.25. The van der Waals surface area contributed by atoms with Crippen LogP contribution in [0.1, 0.15) is 75.3 Å². The molecule has 2 aromatic carbocycles. The summed E-state index contributed by atoms with van der Waals surface area (Å²) in [4.78, 5) is 9.31. The average molecular weight is 552 g/mol. The van der Waals surface area contributed by atoms with Crippen LogP contribution in [-0.2, 0) is 22.6 Å². The molecule has 0 heterocycles. The van der Waals surface area contributed by atoms with Gasteiger partial charge in [-0.1, -0.05) is 110 Å². The van der Waals surface area contributed by atoms with Gasteiger partial charge in [0.05, 0.1) is 12.2 Å². The number of unbranched alkanes of at least 4 members (excludes halogenated alkanes) is 7. The third-order valence-corrected chi connectivity index (χ3v) is 7.20. The minimum absolute atomic E-state index is 0.261. The zero-order chi connectivity index (χ0) is 24.8. The lowest BCUT2D eigenvalue weighted by atomic mass is 10.0. The summed E-state index contributed by atoms with van der Waals surface area (Å²) >= 11 is 24.3. The van der Waals surface area contributed by atoms with E-state index in [9.17, 15) is 10.5 Å². The number of halogens is 4. The molecule has 0 aliphatic heterocycles. The van der Waals surface area contributed by atoms with Crippen molar-refractivity contribution < 1.29 is 20.3 Å². The fraction of sp³-hybridized carbons (Fsp3) is 0.538. The first kappa shape index (κ1) is 29.7. The minimum atomic E-state index is -0.261. The normalized spacial score (nSPS) is 13.2. The van der Waals surface area contributed by atoms with Crippen LogP contribution in [0.3, 0.4) is 0 Å². The van der Waals surface area contributed by atoms with Gasteiger partial charge in [0.1, 0.15) is 0 Å². The second kappa shape index (κ2) is 17.0. The molecule has 0 aliphatic rings. The molecule has 2 unspecified atom stereocenters. The summed E-state index contributed by atoms with van der Waals surface area (Å²) < 4.78 is 0. The van der Waals surface area contributed by atoms with Crippen molar-refractivity contribution in [2.75, 3.05) is 0 Å². The Labute approximate surface area is 222 Å². The summed E-state index contributed by atoms with van der Waals surface area (Å²) in [6, 6.07) is 10.8. The molecule has 0 amide bonds. The van der Waals surface area contributed by atoms with Gasteiger partial charge >= 0.3 is 0 Å². The van der Waals surface area contributed by atoms with Gasteiger partial charge in [-0.25, -0.2) is 9.78 Å². The van der Waals surface area contributed by atoms with Gasteiger partial charge in [0.25, 0.3) is 0 Å². The molecule has 2 N–H and O–H groups in total. The third kappa shape index (κ3) is 11.5. The number of hydrogen-bond donors (Lipinski definition) is 2. The van der Waals surface area contributed by atoms with Crippen LogP contribution in [0.5, 0.6) is 0 Å². The fourth-order valence-electron chi connectivity index (χ4n) is 4.05. The topological polar surface area (TPSA) is 58.9 Å². The van der Waals surface area contributed by atoms with Crippen molar-refractivity contribution in [3.63, 3.8) is 0 Å². The molecule has 0 aromatic heterocycles. The standard InChI is InChI=1S/C26H34Cl4O4/c27-21-13-11-19(25(29)17-21)15-23(33-31)9-7-5-3-1-2-4-6-8-10-24(34-32)16-20-12-14-22(28)18-26(20)30/h11-14,17-18,23-24,31-32H,1-10,15-16H2. The van der Waals surface area contributed by atoms with E-state index in [1.807, 2.05) is 12.1 Å². The van der Waals surface area contributed by atoms with Crippen molar-refractivity contribution in [1.29, 1.82) is 0 Å². The second-order valence-electron chi connectivity index (χ2n) is 8.74. The van der Waals surface area contributed by atoms with Crippen molar-refractivity contribution in [2.45, 2.75) is 89.3 Å². The lowest BCUT2D eigenvalue weighted by molar-refractivity contribution is -0.279. The van der Waals surface area contributed by atoms with E-state index in [1.54, 1.807) is 24.3 Å². The smallest absolute Gasteiger partial charge is 0.0968 e. The highest BCUT2D eigenvalue weighted by Gasteiger charge is 2.14. The van der Waals surface area contributed by atoms with Gasteiger partial charge in [-0.3, -0.25) is 10.5 Å². The van der Waals surface area contributed by atoms with Gasteiger partial charge in [-0.2, -0.15) is 0 Å². The molecule has 190 valence electrons. The Morgan fingerprint density at radius 1 is 0.559 bits per heavy atom. The van der Waals surface area contributed by atoms with Crippen molar-refractivity contribution in [3.8, 4) is 0 Å². The molecule has 0 aliphatic carbocycles. The summed E-state index contributed by atoms with van der Waals surface area (Å²) in [5.41, 5.74) is 1.85. The zero-order valence-corrected chi connectivity index (χ0v) is 22.4. The first-order chi connectivity index (χ1) is 16.4. The van der Waals surface area contributed by atoms with E-state index in [0.717, 1.165) is 62.5 Å². The van der Waals surface area contributed by atoms with E-state index in [1.165, 1.54) is 12.8 Å². The molecule has 34 heavy (non-hydrogen) atoms. The number of benzene rings is 2. The van der Waals surface area contributed by atoms with Gasteiger partial charge in [-0.15, -0.1) is 0 Å². The summed E-state index contributed by atoms with van der Waals surface area (Å²) in [5, 5.41) is 20.8. The Morgan fingerprint density at radius 3 is 1.24 bits per heavy atom. The second-order valence-corrected chi connectivity index (χ2v) is 10.4. The van der Waals surface area contributed by atoms with Gasteiger partial charge in [0.15, 0.2) is 0 Å². The first-order valence-corrected chi connectivity index (χ1v) is 13.4. The van der Waals surface area contributed by atoms with Gasteiger partial charge in [0, 0.05) is 32.9 Å². The lowest BCUT2D eigenvalue weighted by Gasteiger charge is -2.15. The van der Waals surface area contributed by atoms with Crippen LogP contribution < -0.4 is 0 Å². The zero-order valence-electron chi connectivity index (χ0n) is 19.3. The number of rotatable bonds is 17. The monoisotopic (exact) mass is 550 g/mol. The molecule has 2 atom stereocenters. The Bertz CT molecular complexity index is 780. The quantitative estimate of drug-likeness (QED) is 0.117. The Balaban J connectivity index is 1.50. The van der Waals surface area contributed by atoms with Crippen LogP contribution in [0.25, 0.3) is 0 Å². The molecule has 0 saturated heterocycles. The van der Waals surface area contributed by atoms with Gasteiger partial charge < -0.3 is 0 Å². The molecule has 0 bridgehead atoms. The number of hydrogen-bond acceptors (Lipinski definition) is 4. The van der Waals surface area contributed by atoms with Crippen LogP contribution in [0.15, 0.2) is 36.4 Å². The lowest BCUT2D eigenvalue weighted by Crippen LogP contribution is -2.14. The molecular weight excluding hydrogens is 518 g/mol. The Morgan fingerprint density at radius 2 is 0.912 bits per heavy atom. The van der Waals surface area contributed by atoms with E-state index >= 15 is 0 Å². The van der Waals surface area contributed by atoms with E-state index < -0.39 is 0 Å². The predicted octanol–water partition coefficient (Wildman–Crippen LogP) is 9.70. The Kier molecular flexibility index (Phi) is 14.8. The van der Waals surface area contributed by atoms with Crippen molar-refractivity contribution >= 4 is 46.4 Å². The Hall–Kier alpha value is -0.560. The van der Waals surface area contributed by atoms with E-state index in [0.29, 0.717) is 32.9 Å². The summed E-state index contributed by atoms with van der Waals surface area (Å²) in [6.45, 7) is 0. The minimum Gasteiger partial charge on any atom is -0.252 e. The van der Waals surface area contributed by atoms with Crippen LogP contribution in [0.2, 0.25) is 20.1 Å². The molecule has 0 radical (unpaired) electrons. The molecule has 0 saturated carbocycles. The predicted molar refractivity (Wildman–Crippen MR) is 142 cm³/mol. The van der Waals surface area contributed by atoms with Gasteiger partial charge in [-0.05, 0) is 48.2 Å². The molecule has 2 rings (SSSR count). The van der Waals surface area contributed by atoms with Crippen molar-refractivity contribution in [1.82, 2.24) is 0 Å². The van der Waals surface area contributed by atoms with Crippen LogP contribution in [0.4, 0.5) is 0 Å². The highest BCUT2D eigenvalue weighted by atomic mass is 35.5. The SMILES string of the molecule is OOC(CCCCCCCCCCC(Cc1ccc(Cl)cc1Cl)OO)Cc1ccc(Cl)cc1Cl. The van der Waals surface area contributed by atoms with Gasteiger partial charge in [0.2, 0.25) is 0 Å². The highest BCUT2D eigenvalue weighted by molar-refractivity contribution is 6.35. The summed E-state index contributed by atoms with van der Waals surface area (Å²) in [6.07, 6.45) is 11.1. The van der Waals surface area contributed by atoms with Crippen LogP contribution >= 0.6 is 46.4 Å². The molecule has 0 spiro atoms. The molecule has 4 nitrogen and oxygen atoms in total. The fourth-order valence-corrected chi connectivity index (χ4v) is 5.03. The molecule has 8 heteroatoms. The summed E-state index contributed by atoms with van der Waals surface area (Å²) in [5.74, 6) is 0. The molecular formula is C26H34Cl4O4. The first-order valence-electron chi connectivity index (χ1n) is 11.9. The molecule has 2 aromatic rings. The maximum absolute atomic E-state index is 9.21. The largest absolute Gasteiger partial charge is 0.252 e. The summed E-state index contributed by atoms with van der Waals surface area (Å²) in [7, 11) is 0. The van der Waals surface area contributed by atoms with E-state index in [-0.39, 0.29) is 12.2 Å². The third-order valence-electron chi connectivity index (χ3n) is 6.03. The molecule has 0 fully saturated rings. The maximum Gasteiger partial charge on any atom is 0.0968 e. The van der Waals surface area contributed by atoms with Crippen LogP contribution in [-0.4, -0.2) is 22.7 Å². The van der Waals surface area contributed by atoms with Crippen LogP contribution in [0, 0.1) is 0 Å². The van der Waals surface area contributed by atoms with Crippen molar-refractivity contribution in [2.24, 2.45) is 0 Å². The van der Waals surface area contributed by atoms with Crippen molar-refractivity contribution in [3.05, 3.63) is 67.6 Å². The average Bonchev–Trinajstić information content (AvgIpc) is 2.81.